The molecular weight excluding hydrogens is 190 g/mol. The summed E-state index contributed by atoms with van der Waals surface area (Å²) >= 11 is 0. The molecular formula is C12H21NO2. The first-order valence-corrected chi connectivity index (χ1v) is 6.27. The van der Waals surface area contributed by atoms with Gasteiger partial charge in [-0.3, -0.25) is 4.90 Å². The standard InChI is InChI=1S/C12H21NO2/c1-14-11-8-13(7-9-4-5-9)10-3-2-6-15-12(10)11/h9-12H,2-8H2,1H3/t10-,11-,12+/m0/s1. The third-order valence-electron chi connectivity index (χ3n) is 4.08. The Kier molecular flexibility index (Phi) is 2.71. The fraction of sp³-hybridized carbons (Fsp3) is 1.00. The van der Waals surface area contributed by atoms with E-state index in [2.05, 4.69) is 4.90 Å². The van der Waals surface area contributed by atoms with Gasteiger partial charge in [0.25, 0.3) is 0 Å². The van der Waals surface area contributed by atoms with Crippen LogP contribution in [0.2, 0.25) is 0 Å². The third kappa shape index (κ3) is 1.93. The summed E-state index contributed by atoms with van der Waals surface area (Å²) in [5.74, 6) is 0.975. The minimum absolute atomic E-state index is 0.314. The van der Waals surface area contributed by atoms with Gasteiger partial charge in [-0.2, -0.15) is 0 Å². The lowest BCUT2D eigenvalue weighted by molar-refractivity contribution is -0.0653. The summed E-state index contributed by atoms with van der Waals surface area (Å²) in [6.45, 7) is 3.30. The number of fused-ring (bicyclic) bond motifs is 1. The van der Waals surface area contributed by atoms with Gasteiger partial charge in [-0.1, -0.05) is 0 Å². The van der Waals surface area contributed by atoms with Gasteiger partial charge in [-0.05, 0) is 31.6 Å². The molecule has 0 amide bonds. The molecule has 0 bridgehead atoms. The quantitative estimate of drug-likeness (QED) is 0.702. The van der Waals surface area contributed by atoms with Crippen molar-refractivity contribution in [2.75, 3.05) is 26.8 Å². The van der Waals surface area contributed by atoms with Gasteiger partial charge in [-0.15, -0.1) is 0 Å². The molecule has 3 atom stereocenters. The number of hydrogen-bond acceptors (Lipinski definition) is 3. The Hall–Kier alpha value is -0.120. The second-order valence-electron chi connectivity index (χ2n) is 5.22. The molecule has 15 heavy (non-hydrogen) atoms. The topological polar surface area (TPSA) is 21.7 Å². The number of nitrogens with zero attached hydrogens (tertiary/aromatic N) is 1. The Morgan fingerprint density at radius 1 is 1.33 bits per heavy atom. The van der Waals surface area contributed by atoms with Gasteiger partial charge in [0.2, 0.25) is 0 Å². The minimum atomic E-state index is 0.314. The first-order chi connectivity index (χ1) is 7.38. The van der Waals surface area contributed by atoms with Crippen molar-refractivity contribution in [3.05, 3.63) is 0 Å². The van der Waals surface area contributed by atoms with E-state index in [0.29, 0.717) is 18.2 Å². The maximum atomic E-state index is 5.87. The average molecular weight is 211 g/mol. The largest absolute Gasteiger partial charge is 0.377 e. The highest BCUT2D eigenvalue weighted by atomic mass is 16.5. The fourth-order valence-corrected chi connectivity index (χ4v) is 3.05. The molecule has 0 aromatic heterocycles. The molecule has 3 aliphatic rings. The molecule has 1 saturated carbocycles. The Labute approximate surface area is 91.7 Å². The van der Waals surface area contributed by atoms with E-state index in [9.17, 15) is 0 Å². The van der Waals surface area contributed by atoms with Gasteiger partial charge in [0.15, 0.2) is 0 Å². The zero-order valence-electron chi connectivity index (χ0n) is 9.52. The van der Waals surface area contributed by atoms with Crippen LogP contribution in [0.15, 0.2) is 0 Å². The van der Waals surface area contributed by atoms with Gasteiger partial charge in [0, 0.05) is 32.8 Å². The van der Waals surface area contributed by atoms with Crippen molar-refractivity contribution in [3.63, 3.8) is 0 Å². The highest BCUT2D eigenvalue weighted by Gasteiger charge is 2.45. The van der Waals surface area contributed by atoms with Crippen LogP contribution in [-0.2, 0) is 9.47 Å². The lowest BCUT2D eigenvalue weighted by Gasteiger charge is -2.32. The molecule has 2 aliphatic heterocycles. The van der Waals surface area contributed by atoms with E-state index in [1.54, 1.807) is 0 Å². The Morgan fingerprint density at radius 2 is 2.20 bits per heavy atom. The smallest absolute Gasteiger partial charge is 0.100 e. The molecule has 0 aromatic rings. The average Bonchev–Trinajstić information content (AvgIpc) is 3.01. The second kappa shape index (κ2) is 4.04. The van der Waals surface area contributed by atoms with Crippen LogP contribution < -0.4 is 0 Å². The van der Waals surface area contributed by atoms with Crippen molar-refractivity contribution in [1.82, 2.24) is 4.90 Å². The van der Waals surface area contributed by atoms with Gasteiger partial charge in [-0.25, -0.2) is 0 Å². The summed E-state index contributed by atoms with van der Waals surface area (Å²) in [6.07, 6.45) is 6.06. The molecule has 86 valence electrons. The summed E-state index contributed by atoms with van der Waals surface area (Å²) < 4.78 is 11.4. The van der Waals surface area contributed by atoms with Gasteiger partial charge in [0.1, 0.15) is 6.10 Å². The van der Waals surface area contributed by atoms with Crippen molar-refractivity contribution >= 4 is 0 Å². The van der Waals surface area contributed by atoms with Crippen LogP contribution in [0.25, 0.3) is 0 Å². The molecule has 3 nitrogen and oxygen atoms in total. The first kappa shape index (κ1) is 10.1. The first-order valence-electron chi connectivity index (χ1n) is 6.27. The van der Waals surface area contributed by atoms with Gasteiger partial charge >= 0.3 is 0 Å². The number of rotatable bonds is 3. The maximum Gasteiger partial charge on any atom is 0.100 e. The van der Waals surface area contributed by atoms with E-state index in [-0.39, 0.29) is 0 Å². The Balaban J connectivity index is 1.67. The molecule has 1 aliphatic carbocycles. The van der Waals surface area contributed by atoms with Crippen LogP contribution >= 0.6 is 0 Å². The molecule has 0 N–H and O–H groups in total. The maximum absolute atomic E-state index is 5.87. The summed E-state index contributed by atoms with van der Waals surface area (Å²) in [5.41, 5.74) is 0. The van der Waals surface area contributed by atoms with Crippen molar-refractivity contribution < 1.29 is 9.47 Å². The highest BCUT2D eigenvalue weighted by Crippen LogP contribution is 2.36. The van der Waals surface area contributed by atoms with Crippen molar-refractivity contribution in [2.24, 2.45) is 5.92 Å². The second-order valence-corrected chi connectivity index (χ2v) is 5.22. The Morgan fingerprint density at radius 3 is 2.93 bits per heavy atom. The number of likely N-dealkylation sites (tertiary alicyclic amines) is 1. The van der Waals surface area contributed by atoms with Crippen molar-refractivity contribution in [1.29, 1.82) is 0 Å². The lowest BCUT2D eigenvalue weighted by Crippen LogP contribution is -2.42. The van der Waals surface area contributed by atoms with E-state index in [1.165, 1.54) is 32.2 Å². The van der Waals surface area contributed by atoms with Crippen LogP contribution in [0.4, 0.5) is 0 Å². The molecule has 3 fully saturated rings. The Bertz CT molecular complexity index is 230. The molecule has 0 aromatic carbocycles. The molecule has 3 heteroatoms. The zero-order chi connectivity index (χ0) is 10.3. The van der Waals surface area contributed by atoms with Crippen LogP contribution in [0, 0.1) is 5.92 Å². The van der Waals surface area contributed by atoms with Crippen LogP contribution in [0.3, 0.4) is 0 Å². The van der Waals surface area contributed by atoms with E-state index in [1.807, 2.05) is 7.11 Å². The van der Waals surface area contributed by atoms with Crippen LogP contribution in [0.5, 0.6) is 0 Å². The molecule has 0 spiro atoms. The van der Waals surface area contributed by atoms with E-state index < -0.39 is 0 Å². The SMILES string of the molecule is CO[C@H]1CN(CC2CC2)[C@H]2CCCO[C@@H]12. The van der Waals surface area contributed by atoms with E-state index in [4.69, 9.17) is 9.47 Å². The molecule has 0 unspecified atom stereocenters. The van der Waals surface area contributed by atoms with E-state index >= 15 is 0 Å². The number of ether oxygens (including phenoxy) is 2. The normalized spacial score (nSPS) is 41.8. The summed E-state index contributed by atoms with van der Waals surface area (Å²) in [6, 6.07) is 0.643. The van der Waals surface area contributed by atoms with Gasteiger partial charge in [0.05, 0.1) is 6.10 Å². The molecule has 0 radical (unpaired) electrons. The summed E-state index contributed by atoms with van der Waals surface area (Å²) in [4.78, 5) is 2.62. The molecule has 2 saturated heterocycles. The predicted octanol–water partition coefficient (Wildman–Crippen LogP) is 1.27. The summed E-state index contributed by atoms with van der Waals surface area (Å²) in [5, 5.41) is 0. The zero-order valence-corrected chi connectivity index (χ0v) is 9.52. The summed E-state index contributed by atoms with van der Waals surface area (Å²) in [7, 11) is 1.82. The predicted molar refractivity (Wildman–Crippen MR) is 57.9 cm³/mol. The van der Waals surface area contributed by atoms with Gasteiger partial charge < -0.3 is 9.47 Å². The highest BCUT2D eigenvalue weighted by molar-refractivity contribution is 4.98. The molecule has 2 heterocycles. The lowest BCUT2D eigenvalue weighted by atomic mass is 10.0. The van der Waals surface area contributed by atoms with Crippen LogP contribution in [0.1, 0.15) is 25.7 Å². The third-order valence-corrected chi connectivity index (χ3v) is 4.08. The van der Waals surface area contributed by atoms with E-state index in [0.717, 1.165) is 19.1 Å². The van der Waals surface area contributed by atoms with Crippen molar-refractivity contribution in [2.45, 2.75) is 43.9 Å². The minimum Gasteiger partial charge on any atom is -0.377 e. The van der Waals surface area contributed by atoms with Crippen LogP contribution in [-0.4, -0.2) is 50.0 Å². The monoisotopic (exact) mass is 211 g/mol. The van der Waals surface area contributed by atoms with Crippen molar-refractivity contribution in [3.8, 4) is 0 Å². The number of hydrogen-bond donors (Lipinski definition) is 0. The fourth-order valence-electron chi connectivity index (χ4n) is 3.05. The molecule has 3 rings (SSSR count). The number of methoxy groups -OCH3 is 1.